The molecule has 1 aliphatic heterocycles. The Hall–Kier alpha value is 0.230. The summed E-state index contributed by atoms with van der Waals surface area (Å²) >= 11 is 1.92. The topological polar surface area (TPSA) is 52.5 Å². The quantitative estimate of drug-likeness (QED) is 0.601. The number of aliphatic hydroxyl groups excluding tert-OH is 2. The van der Waals surface area contributed by atoms with E-state index in [4.69, 9.17) is 0 Å². The summed E-state index contributed by atoms with van der Waals surface area (Å²) in [5, 5.41) is 22.4. The lowest BCUT2D eigenvalue weighted by Crippen LogP contribution is -2.55. The number of piperidine rings is 1. The number of hydrogen-bond acceptors (Lipinski definition) is 4. The van der Waals surface area contributed by atoms with Crippen molar-refractivity contribution in [3.63, 3.8) is 0 Å². The molecule has 0 radical (unpaired) electrons. The number of rotatable bonds is 4. The van der Waals surface area contributed by atoms with Crippen LogP contribution in [-0.4, -0.2) is 46.5 Å². The molecule has 1 fully saturated rings. The van der Waals surface area contributed by atoms with Crippen molar-refractivity contribution >= 4 is 11.8 Å². The van der Waals surface area contributed by atoms with Crippen molar-refractivity contribution in [3.8, 4) is 0 Å². The molecule has 0 aromatic carbocycles. The van der Waals surface area contributed by atoms with Gasteiger partial charge in [0.2, 0.25) is 0 Å². The summed E-state index contributed by atoms with van der Waals surface area (Å²) in [6.07, 6.45) is -0.0864. The van der Waals surface area contributed by atoms with Gasteiger partial charge in [0, 0.05) is 12.6 Å². The molecule has 0 amide bonds. The zero-order chi connectivity index (χ0) is 10.6. The first kappa shape index (κ1) is 12.3. The van der Waals surface area contributed by atoms with Crippen LogP contribution in [-0.2, 0) is 0 Å². The molecule has 0 unspecified atom stereocenters. The summed E-state index contributed by atoms with van der Waals surface area (Å²) in [6, 6.07) is 0.354. The smallest absolute Gasteiger partial charge is 0.0926 e. The molecule has 14 heavy (non-hydrogen) atoms. The molecule has 1 aliphatic rings. The van der Waals surface area contributed by atoms with Crippen LogP contribution < -0.4 is 5.32 Å². The van der Waals surface area contributed by atoms with Crippen molar-refractivity contribution in [2.75, 3.05) is 18.1 Å². The van der Waals surface area contributed by atoms with Gasteiger partial charge in [-0.2, -0.15) is 11.8 Å². The summed E-state index contributed by atoms with van der Waals surface area (Å²) < 4.78 is 0. The second-order valence-electron chi connectivity index (χ2n) is 3.92. The summed E-state index contributed by atoms with van der Waals surface area (Å²) in [4.78, 5) is 0. The van der Waals surface area contributed by atoms with Gasteiger partial charge in [-0.05, 0) is 23.8 Å². The number of thioether (sulfide) groups is 1. The van der Waals surface area contributed by atoms with E-state index in [1.54, 1.807) is 0 Å². The van der Waals surface area contributed by atoms with E-state index in [0.717, 1.165) is 17.9 Å². The average Bonchev–Trinajstić information content (AvgIpc) is 2.18. The maximum atomic E-state index is 9.68. The maximum Gasteiger partial charge on any atom is 0.0926 e. The van der Waals surface area contributed by atoms with Gasteiger partial charge in [-0.1, -0.05) is 13.8 Å². The molecule has 4 atom stereocenters. The monoisotopic (exact) mass is 219 g/mol. The van der Waals surface area contributed by atoms with Crippen molar-refractivity contribution in [3.05, 3.63) is 0 Å². The molecule has 0 aromatic rings. The Bertz CT molecular complexity index is 168. The molecule has 1 heterocycles. The van der Waals surface area contributed by atoms with E-state index in [2.05, 4.69) is 12.2 Å². The van der Waals surface area contributed by atoms with Crippen LogP contribution in [0, 0.1) is 5.92 Å². The molecule has 0 spiro atoms. The summed E-state index contributed by atoms with van der Waals surface area (Å²) in [6.45, 7) is 4.68. The zero-order valence-electron chi connectivity index (χ0n) is 8.94. The molecule has 0 bridgehead atoms. The van der Waals surface area contributed by atoms with Gasteiger partial charge in [0.15, 0.2) is 0 Å². The van der Waals surface area contributed by atoms with Crippen LogP contribution in [0.2, 0.25) is 0 Å². The fourth-order valence-electron chi connectivity index (χ4n) is 1.89. The van der Waals surface area contributed by atoms with Crippen molar-refractivity contribution in [1.29, 1.82) is 0 Å². The normalized spacial score (nSPS) is 38.6. The molecule has 4 heteroatoms. The second kappa shape index (κ2) is 5.95. The highest BCUT2D eigenvalue weighted by molar-refractivity contribution is 7.99. The molecule has 0 aromatic heterocycles. The van der Waals surface area contributed by atoms with Crippen LogP contribution >= 0.6 is 11.8 Å². The summed E-state index contributed by atoms with van der Waals surface area (Å²) in [5.74, 6) is 2.42. The third kappa shape index (κ3) is 3.12. The predicted molar refractivity (Wildman–Crippen MR) is 60.6 cm³/mol. The van der Waals surface area contributed by atoms with Gasteiger partial charge in [0.25, 0.3) is 0 Å². The van der Waals surface area contributed by atoms with Crippen LogP contribution in [0.5, 0.6) is 0 Å². The lowest BCUT2D eigenvalue weighted by atomic mass is 9.87. The molecule has 0 saturated carbocycles. The van der Waals surface area contributed by atoms with Gasteiger partial charge in [-0.3, -0.25) is 0 Å². The van der Waals surface area contributed by atoms with Crippen LogP contribution in [0.15, 0.2) is 0 Å². The van der Waals surface area contributed by atoms with Crippen molar-refractivity contribution < 1.29 is 10.2 Å². The van der Waals surface area contributed by atoms with E-state index >= 15 is 0 Å². The minimum absolute atomic E-state index is 0.149. The van der Waals surface area contributed by atoms with Gasteiger partial charge in [-0.25, -0.2) is 0 Å². The van der Waals surface area contributed by atoms with Crippen molar-refractivity contribution in [1.82, 2.24) is 5.32 Å². The van der Waals surface area contributed by atoms with Crippen molar-refractivity contribution in [2.24, 2.45) is 5.92 Å². The Labute approximate surface area is 90.3 Å². The molecule has 84 valence electrons. The van der Waals surface area contributed by atoms with E-state index in [1.165, 1.54) is 0 Å². The van der Waals surface area contributed by atoms with Crippen molar-refractivity contribution in [2.45, 2.75) is 38.5 Å². The molecule has 3 nitrogen and oxygen atoms in total. The Morgan fingerprint density at radius 1 is 1.43 bits per heavy atom. The highest BCUT2D eigenvalue weighted by Gasteiger charge is 2.33. The Kier molecular flexibility index (Phi) is 5.23. The van der Waals surface area contributed by atoms with Crippen LogP contribution in [0.3, 0.4) is 0 Å². The fraction of sp³-hybridized carbons (Fsp3) is 1.00. The maximum absolute atomic E-state index is 9.68. The zero-order valence-corrected chi connectivity index (χ0v) is 9.76. The number of β-amino-alcohol motifs (C(OH)–C–C–N with tert-alkyl or cyclic N) is 1. The lowest BCUT2D eigenvalue weighted by Gasteiger charge is -2.37. The third-order valence-electron chi connectivity index (χ3n) is 2.93. The van der Waals surface area contributed by atoms with Gasteiger partial charge in [0.1, 0.15) is 0 Å². The van der Waals surface area contributed by atoms with E-state index in [-0.39, 0.29) is 5.92 Å². The van der Waals surface area contributed by atoms with Crippen LogP contribution in [0.1, 0.15) is 20.3 Å². The highest BCUT2D eigenvalue weighted by atomic mass is 32.2. The summed E-state index contributed by atoms with van der Waals surface area (Å²) in [5.41, 5.74) is 0. The summed E-state index contributed by atoms with van der Waals surface area (Å²) in [7, 11) is 0. The van der Waals surface area contributed by atoms with Gasteiger partial charge in [0.05, 0.1) is 12.2 Å². The number of hydrogen-bond donors (Lipinski definition) is 3. The SMILES string of the molecule is CCSCC[C@H]1NC[C@@H](O)[C@H](O)[C@H]1C. The molecule has 3 N–H and O–H groups in total. The standard InChI is InChI=1S/C10H21NO2S/c1-3-14-5-4-8-7(2)10(13)9(12)6-11-8/h7-13H,3-6H2,1-2H3/t7-,8+,9+,10+/m0/s1. The first-order valence-electron chi connectivity index (χ1n) is 5.34. The predicted octanol–water partition coefficient (Wildman–Crippen LogP) is 0.459. The van der Waals surface area contributed by atoms with E-state index in [1.807, 2.05) is 18.7 Å². The number of nitrogens with one attached hydrogen (secondary N) is 1. The molecular formula is C10H21NO2S. The second-order valence-corrected chi connectivity index (χ2v) is 5.31. The van der Waals surface area contributed by atoms with E-state index in [9.17, 15) is 10.2 Å². The minimum atomic E-state index is -0.597. The molecule has 1 rings (SSSR count). The number of aliphatic hydroxyl groups is 2. The first-order valence-corrected chi connectivity index (χ1v) is 6.49. The first-order chi connectivity index (χ1) is 6.66. The lowest BCUT2D eigenvalue weighted by molar-refractivity contribution is -0.0461. The largest absolute Gasteiger partial charge is 0.390 e. The van der Waals surface area contributed by atoms with Gasteiger partial charge < -0.3 is 15.5 Å². The molecular weight excluding hydrogens is 198 g/mol. The Morgan fingerprint density at radius 3 is 2.79 bits per heavy atom. The average molecular weight is 219 g/mol. The van der Waals surface area contributed by atoms with Gasteiger partial charge >= 0.3 is 0 Å². The van der Waals surface area contributed by atoms with E-state index in [0.29, 0.717) is 12.6 Å². The van der Waals surface area contributed by atoms with Gasteiger partial charge in [-0.15, -0.1) is 0 Å². The minimum Gasteiger partial charge on any atom is -0.390 e. The highest BCUT2D eigenvalue weighted by Crippen LogP contribution is 2.20. The molecule has 0 aliphatic carbocycles. The fourth-order valence-corrected chi connectivity index (χ4v) is 2.60. The molecule has 1 saturated heterocycles. The van der Waals surface area contributed by atoms with Crippen LogP contribution in [0.4, 0.5) is 0 Å². The Balaban J connectivity index is 2.31. The van der Waals surface area contributed by atoms with E-state index < -0.39 is 12.2 Å². The Morgan fingerprint density at radius 2 is 2.14 bits per heavy atom. The van der Waals surface area contributed by atoms with Crippen LogP contribution in [0.25, 0.3) is 0 Å². The third-order valence-corrected chi connectivity index (χ3v) is 3.87.